The average molecular weight is 495 g/mol. The maximum atomic E-state index is 12.6. The molecule has 34 heavy (non-hydrogen) atoms. The zero-order chi connectivity index (χ0) is 23.5. The predicted molar refractivity (Wildman–Crippen MR) is 128 cm³/mol. The van der Waals surface area contributed by atoms with E-state index in [4.69, 9.17) is 21.1 Å². The van der Waals surface area contributed by atoms with Gasteiger partial charge in [-0.25, -0.2) is 24.5 Å². The minimum absolute atomic E-state index is 0.0545. The Morgan fingerprint density at radius 2 is 1.53 bits per heavy atom. The van der Waals surface area contributed by atoms with Gasteiger partial charge in [-0.3, -0.25) is 0 Å². The molecule has 0 aliphatic carbocycles. The smallest absolute Gasteiger partial charge is 0.338 e. The van der Waals surface area contributed by atoms with Gasteiger partial charge in [-0.05, 0) is 24.3 Å². The van der Waals surface area contributed by atoms with E-state index in [9.17, 15) is 9.59 Å². The molecule has 0 N–H and O–H groups in total. The number of aromatic nitrogens is 4. The number of carbonyl (C=O) groups is 2. The zero-order valence-corrected chi connectivity index (χ0v) is 19.4. The first-order chi connectivity index (χ1) is 16.6. The number of esters is 2. The molecule has 2 aromatic heterocycles. The largest absolute Gasteiger partial charge is 0.461 e. The summed E-state index contributed by atoms with van der Waals surface area (Å²) in [6, 6.07) is 17.5. The van der Waals surface area contributed by atoms with E-state index in [0.717, 1.165) is 0 Å². The summed E-state index contributed by atoms with van der Waals surface area (Å²) in [5.41, 5.74) is 1.27. The number of ether oxygens (including phenoxy) is 2. The molecule has 3 heterocycles. The number of rotatable bonds is 7. The van der Waals surface area contributed by atoms with Crippen molar-refractivity contribution in [1.29, 1.82) is 0 Å². The van der Waals surface area contributed by atoms with E-state index in [-0.39, 0.29) is 23.7 Å². The summed E-state index contributed by atoms with van der Waals surface area (Å²) in [5, 5.41) is 0.0142. The van der Waals surface area contributed by atoms with Crippen LogP contribution in [0.4, 0.5) is 0 Å². The van der Waals surface area contributed by atoms with Gasteiger partial charge in [-0.1, -0.05) is 48.0 Å². The summed E-state index contributed by atoms with van der Waals surface area (Å²) >= 11 is 7.80. The van der Waals surface area contributed by atoms with Gasteiger partial charge in [-0.2, -0.15) is 0 Å². The molecular weight excluding hydrogens is 476 g/mol. The topological polar surface area (TPSA) is 96.2 Å². The lowest BCUT2D eigenvalue weighted by Crippen LogP contribution is -2.49. The highest BCUT2D eigenvalue weighted by atomic mass is 35.5. The van der Waals surface area contributed by atoms with Crippen LogP contribution in [0.5, 0.6) is 0 Å². The van der Waals surface area contributed by atoms with E-state index in [0.29, 0.717) is 28.0 Å². The van der Waals surface area contributed by atoms with Gasteiger partial charge in [0.25, 0.3) is 0 Å². The monoisotopic (exact) mass is 494 g/mol. The second-order valence-electron chi connectivity index (χ2n) is 7.90. The Labute approximate surface area is 204 Å². The highest BCUT2D eigenvalue weighted by molar-refractivity contribution is 8.00. The molecule has 172 valence electrons. The van der Waals surface area contributed by atoms with Gasteiger partial charge in [0.05, 0.1) is 28.2 Å². The maximum absolute atomic E-state index is 12.6. The van der Waals surface area contributed by atoms with Crippen LogP contribution in [-0.4, -0.2) is 50.4 Å². The van der Waals surface area contributed by atoms with Gasteiger partial charge >= 0.3 is 11.9 Å². The quantitative estimate of drug-likeness (QED) is 0.275. The Morgan fingerprint density at radius 3 is 2.06 bits per heavy atom. The second-order valence-corrected chi connectivity index (χ2v) is 9.33. The molecule has 0 radical (unpaired) electrons. The molecular formula is C24H19ClN4O4S. The fraction of sp³-hybridized carbons (Fsp3) is 0.208. The highest BCUT2D eigenvalue weighted by Crippen LogP contribution is 2.55. The molecule has 1 aliphatic rings. The first-order valence-electron chi connectivity index (χ1n) is 10.5. The van der Waals surface area contributed by atoms with E-state index in [1.54, 1.807) is 66.6 Å². The van der Waals surface area contributed by atoms with Crippen LogP contribution in [0, 0.1) is 5.41 Å². The van der Waals surface area contributed by atoms with Crippen LogP contribution in [0.15, 0.2) is 73.3 Å². The van der Waals surface area contributed by atoms with Gasteiger partial charge in [0.2, 0.25) is 0 Å². The van der Waals surface area contributed by atoms with Crippen LogP contribution in [0.3, 0.4) is 0 Å². The van der Waals surface area contributed by atoms with Crippen LogP contribution < -0.4 is 0 Å². The molecule has 1 aliphatic heterocycles. The summed E-state index contributed by atoms with van der Waals surface area (Å²) in [6.45, 7) is 0.109. The van der Waals surface area contributed by atoms with Crippen molar-refractivity contribution in [2.24, 2.45) is 5.41 Å². The highest BCUT2D eigenvalue weighted by Gasteiger charge is 2.52. The number of nitrogens with zero attached hydrogens (tertiary/aromatic N) is 4. The van der Waals surface area contributed by atoms with Crippen LogP contribution in [-0.2, 0) is 9.47 Å². The fourth-order valence-corrected chi connectivity index (χ4v) is 5.35. The number of hydrogen-bond acceptors (Lipinski definition) is 8. The number of carbonyl (C=O) groups excluding carboxylic acids is 2. The number of fused-ring (bicyclic) bond motifs is 1. The standard InChI is InChI=1S/C24H19ClN4O4S/c25-19-18-20(27-14-26-19)29(15-28-18)23-24(13-34-23,11-32-21(30)16-7-3-1-4-8-16)12-33-22(31)17-9-5-2-6-10-17/h1-10,14-15,23H,11-13H2. The van der Waals surface area contributed by atoms with Gasteiger partial charge in [0.1, 0.15) is 25.1 Å². The van der Waals surface area contributed by atoms with Crippen molar-refractivity contribution in [2.45, 2.75) is 5.37 Å². The summed E-state index contributed by atoms with van der Waals surface area (Å²) in [7, 11) is 0. The Hall–Kier alpha value is -3.43. The lowest BCUT2D eigenvalue weighted by atomic mass is 9.90. The van der Waals surface area contributed by atoms with Crippen molar-refractivity contribution in [1.82, 2.24) is 19.5 Å². The maximum Gasteiger partial charge on any atom is 0.338 e. The van der Waals surface area contributed by atoms with Crippen LogP contribution in [0.2, 0.25) is 5.15 Å². The minimum Gasteiger partial charge on any atom is -0.461 e. The third-order valence-corrected chi connectivity index (χ3v) is 7.68. The fourth-order valence-electron chi connectivity index (χ4n) is 3.77. The first-order valence-corrected chi connectivity index (χ1v) is 11.9. The van der Waals surface area contributed by atoms with Crippen molar-refractivity contribution in [2.75, 3.05) is 19.0 Å². The van der Waals surface area contributed by atoms with Crippen LogP contribution in [0.25, 0.3) is 11.2 Å². The molecule has 10 heteroatoms. The van der Waals surface area contributed by atoms with Crippen molar-refractivity contribution in [3.05, 3.63) is 89.6 Å². The number of hydrogen-bond donors (Lipinski definition) is 0. The Balaban J connectivity index is 1.41. The molecule has 1 fully saturated rings. The summed E-state index contributed by atoms with van der Waals surface area (Å²) in [6.07, 6.45) is 3.01. The zero-order valence-electron chi connectivity index (χ0n) is 17.8. The Kier molecular flexibility index (Phi) is 6.21. The summed E-state index contributed by atoms with van der Waals surface area (Å²) in [5.74, 6) is -0.267. The van der Waals surface area contributed by atoms with E-state index >= 15 is 0 Å². The molecule has 8 nitrogen and oxygen atoms in total. The molecule has 0 amide bonds. The Morgan fingerprint density at radius 1 is 0.941 bits per heavy atom. The van der Waals surface area contributed by atoms with E-state index < -0.39 is 17.4 Å². The van der Waals surface area contributed by atoms with Crippen LogP contribution in [0.1, 0.15) is 26.1 Å². The number of benzene rings is 2. The van der Waals surface area contributed by atoms with Gasteiger partial charge < -0.3 is 14.0 Å². The minimum atomic E-state index is -0.676. The number of thioether (sulfide) groups is 1. The average Bonchev–Trinajstić information content (AvgIpc) is 3.29. The summed E-state index contributed by atoms with van der Waals surface area (Å²) < 4.78 is 13.3. The van der Waals surface area contributed by atoms with E-state index in [1.165, 1.54) is 6.33 Å². The van der Waals surface area contributed by atoms with E-state index in [1.807, 2.05) is 16.7 Å². The van der Waals surface area contributed by atoms with Crippen molar-refractivity contribution in [3.8, 4) is 0 Å². The molecule has 0 saturated carbocycles. The van der Waals surface area contributed by atoms with Gasteiger partial charge in [-0.15, -0.1) is 11.8 Å². The molecule has 5 rings (SSSR count). The second kappa shape index (κ2) is 9.44. The first kappa shape index (κ1) is 22.4. The normalized spacial score (nSPS) is 16.6. The predicted octanol–water partition coefficient (Wildman–Crippen LogP) is 4.43. The lowest BCUT2D eigenvalue weighted by molar-refractivity contribution is -0.0101. The molecule has 2 aromatic carbocycles. The van der Waals surface area contributed by atoms with E-state index in [2.05, 4.69) is 15.0 Å². The third kappa shape index (κ3) is 4.24. The Bertz CT molecular complexity index is 1280. The lowest BCUT2D eigenvalue weighted by Gasteiger charge is -2.47. The molecule has 4 aromatic rings. The molecule has 1 saturated heterocycles. The van der Waals surface area contributed by atoms with Gasteiger partial charge in [0.15, 0.2) is 10.8 Å². The SMILES string of the molecule is O=C(OCC1(COC(=O)c2ccccc2)CSC1n1cnc2c(Cl)ncnc21)c1ccccc1. The molecule has 0 bridgehead atoms. The molecule has 1 unspecified atom stereocenters. The molecule has 1 atom stereocenters. The number of imidazole rings is 1. The molecule has 0 spiro atoms. The number of halogens is 1. The third-order valence-electron chi connectivity index (χ3n) is 5.62. The van der Waals surface area contributed by atoms with Gasteiger partial charge in [0, 0.05) is 5.75 Å². The van der Waals surface area contributed by atoms with Crippen molar-refractivity contribution >= 4 is 46.5 Å². The van der Waals surface area contributed by atoms with Crippen molar-refractivity contribution < 1.29 is 19.1 Å². The summed E-state index contributed by atoms with van der Waals surface area (Å²) in [4.78, 5) is 38.0. The van der Waals surface area contributed by atoms with Crippen molar-refractivity contribution in [3.63, 3.8) is 0 Å². The van der Waals surface area contributed by atoms with Crippen LogP contribution >= 0.6 is 23.4 Å².